The molecule has 1 aliphatic rings. The van der Waals surface area contributed by atoms with Crippen LogP contribution in [0.3, 0.4) is 0 Å². The Kier molecular flexibility index (Phi) is 5.65. The summed E-state index contributed by atoms with van der Waals surface area (Å²) < 4.78 is 21.0. The Morgan fingerprint density at radius 3 is 2.57 bits per heavy atom. The first kappa shape index (κ1) is 20.6. The average molecular weight is 409 g/mol. The molecule has 0 bridgehead atoms. The predicted molar refractivity (Wildman–Crippen MR) is 119 cm³/mol. The third-order valence-electron chi connectivity index (χ3n) is 6.84. The number of H-pyrrole nitrogens is 1. The van der Waals surface area contributed by atoms with Crippen LogP contribution in [0.2, 0.25) is 0 Å². The summed E-state index contributed by atoms with van der Waals surface area (Å²) in [6, 6.07) is 13.6. The molecular formula is C25H29FN2O2. The number of aromatic amines is 1. The Bertz CT molecular complexity index is 1090. The molecule has 1 saturated carbocycles. The third kappa shape index (κ3) is 3.52. The van der Waals surface area contributed by atoms with Crippen molar-refractivity contribution in [3.05, 3.63) is 76.0 Å². The number of nitrogens with one attached hydrogen (secondary N) is 1. The number of ether oxygens (including phenoxy) is 1. The molecule has 3 aromatic rings. The molecule has 0 spiro atoms. The maximum Gasteiger partial charge on any atom is 0.255 e. The minimum Gasteiger partial charge on any atom is -0.487 e. The number of fused-ring (bicyclic) bond motifs is 1. The number of aryl methyl sites for hydroxylation is 1. The Balaban J connectivity index is 1.58. The number of halogens is 1. The summed E-state index contributed by atoms with van der Waals surface area (Å²) in [5.41, 5.74) is 8.19. The van der Waals surface area contributed by atoms with Crippen LogP contribution in [0.5, 0.6) is 5.75 Å². The zero-order valence-electron chi connectivity index (χ0n) is 17.6. The van der Waals surface area contributed by atoms with E-state index in [4.69, 9.17) is 10.5 Å². The van der Waals surface area contributed by atoms with Crippen molar-refractivity contribution < 1.29 is 9.13 Å². The fourth-order valence-corrected chi connectivity index (χ4v) is 5.02. The van der Waals surface area contributed by atoms with Crippen molar-refractivity contribution >= 4 is 10.8 Å². The number of aromatic nitrogens is 1. The Hall–Kier alpha value is -2.66. The Morgan fingerprint density at radius 1 is 1.20 bits per heavy atom. The second-order valence-electron chi connectivity index (χ2n) is 8.43. The minimum absolute atomic E-state index is 0.0693. The molecule has 4 rings (SSSR count). The van der Waals surface area contributed by atoms with E-state index in [9.17, 15) is 9.18 Å². The SMILES string of the molecule is CC[C@@H](N)[C@]1(c2ccccc2)CC[C@@H](Oc2c(F)cc3c(=O)[nH]ccc3c2C)CC1. The highest BCUT2D eigenvalue weighted by molar-refractivity contribution is 5.86. The summed E-state index contributed by atoms with van der Waals surface area (Å²) in [5, 5.41) is 1.07. The zero-order chi connectivity index (χ0) is 21.3. The van der Waals surface area contributed by atoms with Gasteiger partial charge in [0.05, 0.1) is 11.5 Å². The van der Waals surface area contributed by atoms with Gasteiger partial charge in [-0.15, -0.1) is 0 Å². The van der Waals surface area contributed by atoms with Crippen LogP contribution in [0.4, 0.5) is 4.39 Å². The molecule has 1 fully saturated rings. The van der Waals surface area contributed by atoms with Gasteiger partial charge in [-0.25, -0.2) is 4.39 Å². The molecule has 0 amide bonds. The lowest BCUT2D eigenvalue weighted by molar-refractivity contribution is 0.0994. The van der Waals surface area contributed by atoms with Crippen LogP contribution in [-0.4, -0.2) is 17.1 Å². The maximum atomic E-state index is 14.8. The fraction of sp³-hybridized carbons (Fsp3) is 0.400. The molecule has 0 radical (unpaired) electrons. The van der Waals surface area contributed by atoms with Crippen LogP contribution in [0.1, 0.15) is 50.2 Å². The summed E-state index contributed by atoms with van der Waals surface area (Å²) in [7, 11) is 0. The minimum atomic E-state index is -0.484. The lowest BCUT2D eigenvalue weighted by atomic mass is 9.64. The number of pyridine rings is 1. The number of benzene rings is 2. The van der Waals surface area contributed by atoms with Crippen LogP contribution in [0, 0.1) is 12.7 Å². The van der Waals surface area contributed by atoms with Gasteiger partial charge in [-0.1, -0.05) is 37.3 Å². The van der Waals surface area contributed by atoms with Gasteiger partial charge in [-0.3, -0.25) is 4.79 Å². The number of hydrogen-bond donors (Lipinski definition) is 2. The molecule has 158 valence electrons. The molecule has 0 saturated heterocycles. The first-order chi connectivity index (χ1) is 14.5. The van der Waals surface area contributed by atoms with Gasteiger partial charge in [0.1, 0.15) is 0 Å². The lowest BCUT2D eigenvalue weighted by Crippen LogP contribution is -2.48. The van der Waals surface area contributed by atoms with Gasteiger partial charge in [0.2, 0.25) is 0 Å². The van der Waals surface area contributed by atoms with Crippen LogP contribution in [0.15, 0.2) is 53.5 Å². The van der Waals surface area contributed by atoms with Crippen LogP contribution < -0.4 is 16.0 Å². The standard InChI is InChI=1S/C25H29FN2O2/c1-3-22(27)25(17-7-5-4-6-8-17)12-9-18(10-13-25)30-23-16(2)19-11-14-28-24(29)20(19)15-21(23)26/h4-8,11,14-15,18,22H,3,9-10,12-13,27H2,1-2H3,(H,28,29)/t18-,22-,25-/m1/s1. The predicted octanol–water partition coefficient (Wildman–Crippen LogP) is 4.97. The van der Waals surface area contributed by atoms with Crippen molar-refractivity contribution in [1.82, 2.24) is 4.98 Å². The van der Waals surface area contributed by atoms with Crippen molar-refractivity contribution in [2.45, 2.75) is 63.5 Å². The second kappa shape index (κ2) is 8.23. The molecule has 1 heterocycles. The van der Waals surface area contributed by atoms with E-state index < -0.39 is 5.82 Å². The highest BCUT2D eigenvalue weighted by Gasteiger charge is 2.41. The molecule has 30 heavy (non-hydrogen) atoms. The summed E-state index contributed by atoms with van der Waals surface area (Å²) in [6.07, 6.45) is 5.87. The van der Waals surface area contributed by atoms with E-state index in [0.29, 0.717) is 10.9 Å². The van der Waals surface area contributed by atoms with Crippen molar-refractivity contribution in [2.24, 2.45) is 5.73 Å². The number of nitrogens with two attached hydrogens (primary N) is 1. The van der Waals surface area contributed by atoms with Gasteiger partial charge in [0.25, 0.3) is 5.56 Å². The molecule has 1 aliphatic carbocycles. The summed E-state index contributed by atoms with van der Waals surface area (Å²) in [5.74, 6) is -0.230. The topological polar surface area (TPSA) is 68.1 Å². The van der Waals surface area contributed by atoms with Crippen molar-refractivity contribution in [2.75, 3.05) is 0 Å². The Morgan fingerprint density at radius 2 is 1.90 bits per heavy atom. The second-order valence-corrected chi connectivity index (χ2v) is 8.43. The summed E-state index contributed by atoms with van der Waals surface area (Å²) in [6.45, 7) is 3.94. The van der Waals surface area contributed by atoms with Gasteiger partial charge in [-0.05, 0) is 62.1 Å². The van der Waals surface area contributed by atoms with E-state index in [0.717, 1.165) is 37.5 Å². The van der Waals surface area contributed by atoms with Gasteiger partial charge in [0, 0.05) is 23.2 Å². The van der Waals surface area contributed by atoms with Crippen LogP contribution in [-0.2, 0) is 5.41 Å². The zero-order valence-corrected chi connectivity index (χ0v) is 17.6. The van der Waals surface area contributed by atoms with E-state index in [-0.39, 0.29) is 28.9 Å². The summed E-state index contributed by atoms with van der Waals surface area (Å²) >= 11 is 0. The normalized spacial score (nSPS) is 22.7. The van der Waals surface area contributed by atoms with Gasteiger partial charge in [-0.2, -0.15) is 0 Å². The van der Waals surface area contributed by atoms with Crippen molar-refractivity contribution in [1.29, 1.82) is 0 Å². The first-order valence-corrected chi connectivity index (χ1v) is 10.7. The fourth-order valence-electron chi connectivity index (χ4n) is 5.02. The molecule has 5 heteroatoms. The number of rotatable bonds is 5. The molecule has 0 unspecified atom stereocenters. The van der Waals surface area contributed by atoms with Gasteiger partial charge < -0.3 is 15.5 Å². The van der Waals surface area contributed by atoms with Crippen molar-refractivity contribution in [3.63, 3.8) is 0 Å². The quantitative estimate of drug-likeness (QED) is 0.626. The maximum absolute atomic E-state index is 14.8. The van der Waals surface area contributed by atoms with E-state index in [1.807, 2.05) is 13.0 Å². The molecular weight excluding hydrogens is 379 g/mol. The molecule has 2 aromatic carbocycles. The molecule has 3 N–H and O–H groups in total. The van der Waals surface area contributed by atoms with Crippen LogP contribution in [0.25, 0.3) is 10.8 Å². The average Bonchev–Trinajstić information content (AvgIpc) is 2.78. The smallest absolute Gasteiger partial charge is 0.255 e. The number of hydrogen-bond acceptors (Lipinski definition) is 3. The van der Waals surface area contributed by atoms with E-state index >= 15 is 0 Å². The molecule has 4 nitrogen and oxygen atoms in total. The summed E-state index contributed by atoms with van der Waals surface area (Å²) in [4.78, 5) is 14.6. The molecule has 0 aliphatic heterocycles. The lowest BCUT2D eigenvalue weighted by Gasteiger charge is -2.44. The molecule has 1 atom stereocenters. The van der Waals surface area contributed by atoms with E-state index in [2.05, 4.69) is 36.2 Å². The van der Waals surface area contributed by atoms with Gasteiger partial charge in [0.15, 0.2) is 11.6 Å². The van der Waals surface area contributed by atoms with Crippen LogP contribution >= 0.6 is 0 Å². The molecule has 1 aromatic heterocycles. The largest absolute Gasteiger partial charge is 0.487 e. The van der Waals surface area contributed by atoms with E-state index in [1.165, 1.54) is 11.6 Å². The highest BCUT2D eigenvalue weighted by Crippen LogP contribution is 2.44. The van der Waals surface area contributed by atoms with Gasteiger partial charge >= 0.3 is 0 Å². The highest BCUT2D eigenvalue weighted by atomic mass is 19.1. The third-order valence-corrected chi connectivity index (χ3v) is 6.84. The Labute approximate surface area is 176 Å². The van der Waals surface area contributed by atoms with Crippen molar-refractivity contribution in [3.8, 4) is 5.75 Å². The first-order valence-electron chi connectivity index (χ1n) is 10.7. The van der Waals surface area contributed by atoms with E-state index in [1.54, 1.807) is 12.3 Å². The monoisotopic (exact) mass is 408 g/mol.